The highest BCUT2D eigenvalue weighted by atomic mass is 16.5. The van der Waals surface area contributed by atoms with E-state index in [2.05, 4.69) is 9.97 Å². The fraction of sp³-hybridized carbons (Fsp3) is 0.200. The number of carbonyl (C=O) groups excluding carboxylic acids is 2. The predicted octanol–water partition coefficient (Wildman–Crippen LogP) is 1.45. The number of nitrogens with zero attached hydrogens (tertiary/aromatic N) is 2. The second-order valence-electron chi connectivity index (χ2n) is 6.08. The Bertz CT molecular complexity index is 1080. The Morgan fingerprint density at radius 2 is 1.70 bits per heavy atom. The number of aromatic nitrogens is 2. The van der Waals surface area contributed by atoms with Crippen LogP contribution in [0.15, 0.2) is 36.4 Å². The van der Waals surface area contributed by atoms with Gasteiger partial charge in [0.05, 0.1) is 25.3 Å². The number of carbonyl (C=O) groups is 2. The van der Waals surface area contributed by atoms with Crippen molar-refractivity contribution in [3.63, 3.8) is 0 Å². The molecule has 1 amide bonds. The molecule has 0 spiro atoms. The van der Waals surface area contributed by atoms with E-state index in [0.29, 0.717) is 16.7 Å². The zero-order valence-corrected chi connectivity index (χ0v) is 16.4. The van der Waals surface area contributed by atoms with Crippen LogP contribution < -0.4 is 25.7 Å². The Hall–Kier alpha value is -4.08. The van der Waals surface area contributed by atoms with Crippen LogP contribution in [0.1, 0.15) is 16.2 Å². The summed E-state index contributed by atoms with van der Waals surface area (Å²) in [4.78, 5) is 32.0. The molecule has 10 nitrogen and oxygen atoms in total. The molecule has 1 aromatic heterocycles. The number of benzene rings is 2. The number of hydrogen-bond donors (Lipinski definition) is 2. The number of para-hydroxylation sites is 1. The molecule has 2 aromatic carbocycles. The zero-order chi connectivity index (χ0) is 21.7. The molecule has 0 fully saturated rings. The number of hydrogen-bond acceptors (Lipinski definition) is 9. The number of rotatable bonds is 8. The van der Waals surface area contributed by atoms with Crippen LogP contribution in [0.3, 0.4) is 0 Å². The monoisotopic (exact) mass is 412 g/mol. The average Bonchev–Trinajstić information content (AvgIpc) is 2.75. The van der Waals surface area contributed by atoms with E-state index in [4.69, 9.17) is 30.4 Å². The Balaban J connectivity index is 1.80. The van der Waals surface area contributed by atoms with Crippen LogP contribution in [0.2, 0.25) is 0 Å². The quantitative estimate of drug-likeness (QED) is 0.524. The van der Waals surface area contributed by atoms with Crippen molar-refractivity contribution >= 4 is 28.6 Å². The van der Waals surface area contributed by atoms with Gasteiger partial charge in [0, 0.05) is 5.39 Å². The number of fused-ring (bicyclic) bond motifs is 1. The van der Waals surface area contributed by atoms with Crippen LogP contribution in [0.25, 0.3) is 10.9 Å². The van der Waals surface area contributed by atoms with Gasteiger partial charge in [0.15, 0.2) is 30.5 Å². The number of methoxy groups -OCH3 is 2. The molecule has 0 bridgehead atoms. The normalized spacial score (nSPS) is 10.5. The summed E-state index contributed by atoms with van der Waals surface area (Å²) in [5.41, 5.74) is 11.8. The Labute approximate surface area is 171 Å². The minimum absolute atomic E-state index is 0.140. The summed E-state index contributed by atoms with van der Waals surface area (Å²) in [7, 11) is 2.76. The lowest BCUT2D eigenvalue weighted by atomic mass is 10.2. The molecular weight excluding hydrogens is 392 g/mol. The van der Waals surface area contributed by atoms with Crippen molar-refractivity contribution in [1.82, 2.24) is 9.97 Å². The van der Waals surface area contributed by atoms with Gasteiger partial charge in [-0.1, -0.05) is 12.1 Å². The minimum Gasteiger partial charge on any atom is -0.493 e. The lowest BCUT2D eigenvalue weighted by Crippen LogP contribution is -2.20. The van der Waals surface area contributed by atoms with Gasteiger partial charge in [0.25, 0.3) is 5.91 Å². The molecular formula is C20H20N4O6. The molecule has 0 aliphatic rings. The first-order valence-corrected chi connectivity index (χ1v) is 8.78. The first-order chi connectivity index (χ1) is 14.4. The third-order valence-electron chi connectivity index (χ3n) is 4.07. The molecule has 0 saturated heterocycles. The predicted molar refractivity (Wildman–Crippen MR) is 107 cm³/mol. The van der Waals surface area contributed by atoms with Gasteiger partial charge in [-0.2, -0.15) is 0 Å². The maximum Gasteiger partial charge on any atom is 0.338 e. The van der Waals surface area contributed by atoms with Gasteiger partial charge in [-0.3, -0.25) is 4.79 Å². The van der Waals surface area contributed by atoms with E-state index in [1.807, 2.05) is 12.1 Å². The molecule has 0 radical (unpaired) electrons. The summed E-state index contributed by atoms with van der Waals surface area (Å²) in [6.45, 7) is -0.560. The number of ether oxygens (including phenoxy) is 4. The summed E-state index contributed by atoms with van der Waals surface area (Å²) < 4.78 is 21.1. The van der Waals surface area contributed by atoms with Crippen molar-refractivity contribution in [1.29, 1.82) is 0 Å². The van der Waals surface area contributed by atoms with Crippen LogP contribution in [0, 0.1) is 0 Å². The number of primary amides is 1. The molecule has 0 aliphatic heterocycles. The van der Waals surface area contributed by atoms with Crippen molar-refractivity contribution < 1.29 is 28.5 Å². The van der Waals surface area contributed by atoms with E-state index < -0.39 is 11.9 Å². The zero-order valence-electron chi connectivity index (χ0n) is 16.4. The molecule has 3 aromatic rings. The number of amides is 1. The van der Waals surface area contributed by atoms with E-state index in [1.54, 1.807) is 12.1 Å². The van der Waals surface area contributed by atoms with Crippen molar-refractivity contribution in [2.75, 3.05) is 26.6 Å². The smallest absolute Gasteiger partial charge is 0.338 e. The van der Waals surface area contributed by atoms with E-state index >= 15 is 0 Å². The summed E-state index contributed by atoms with van der Waals surface area (Å²) in [5, 5.41) is 0.716. The van der Waals surface area contributed by atoms with Crippen molar-refractivity contribution in [2.24, 2.45) is 5.73 Å². The van der Waals surface area contributed by atoms with Crippen LogP contribution in [0.4, 0.5) is 5.82 Å². The molecule has 30 heavy (non-hydrogen) atoms. The third-order valence-corrected chi connectivity index (χ3v) is 4.07. The fourth-order valence-corrected chi connectivity index (χ4v) is 2.71. The van der Waals surface area contributed by atoms with Crippen LogP contribution in [-0.2, 0) is 16.1 Å². The SMILES string of the molecule is COc1cc(C(=O)OCc2nc(N)c3ccccc3n2)cc(OC)c1OCC(N)=O. The number of nitrogens with two attached hydrogens (primary N) is 2. The van der Waals surface area contributed by atoms with Crippen LogP contribution >= 0.6 is 0 Å². The van der Waals surface area contributed by atoms with Gasteiger partial charge >= 0.3 is 5.97 Å². The molecule has 1 heterocycles. The van der Waals surface area contributed by atoms with Gasteiger partial charge in [0.2, 0.25) is 5.75 Å². The first kappa shape index (κ1) is 20.6. The summed E-state index contributed by atoms with van der Waals surface area (Å²) in [6.07, 6.45) is 0. The Morgan fingerprint density at radius 1 is 1.03 bits per heavy atom. The lowest BCUT2D eigenvalue weighted by molar-refractivity contribution is -0.120. The third kappa shape index (κ3) is 4.49. The Morgan fingerprint density at radius 3 is 2.33 bits per heavy atom. The molecule has 0 atom stereocenters. The number of nitrogen functional groups attached to an aromatic ring is 1. The first-order valence-electron chi connectivity index (χ1n) is 8.78. The second kappa shape index (κ2) is 8.95. The van der Waals surface area contributed by atoms with E-state index in [9.17, 15) is 9.59 Å². The summed E-state index contributed by atoms with van der Waals surface area (Å²) in [6, 6.07) is 10.1. The molecule has 4 N–H and O–H groups in total. The topological polar surface area (TPSA) is 149 Å². The highest BCUT2D eigenvalue weighted by Crippen LogP contribution is 2.38. The van der Waals surface area contributed by atoms with Crippen LogP contribution in [0.5, 0.6) is 17.2 Å². The van der Waals surface area contributed by atoms with Gasteiger partial charge in [-0.25, -0.2) is 14.8 Å². The van der Waals surface area contributed by atoms with Gasteiger partial charge in [-0.05, 0) is 24.3 Å². The van der Waals surface area contributed by atoms with Crippen molar-refractivity contribution in [2.45, 2.75) is 6.61 Å². The largest absolute Gasteiger partial charge is 0.493 e. The Kier molecular flexibility index (Phi) is 6.16. The van der Waals surface area contributed by atoms with Gasteiger partial charge in [-0.15, -0.1) is 0 Å². The number of esters is 1. The van der Waals surface area contributed by atoms with Gasteiger partial charge < -0.3 is 30.4 Å². The standard InChI is InChI=1S/C20H20N4O6/c1-27-14-7-11(8-15(28-2)18(14)29-9-16(21)25)20(26)30-10-17-23-13-6-4-3-5-12(13)19(22)24-17/h3-8H,9-10H2,1-2H3,(H2,21,25)(H2,22,23,24). The van der Waals surface area contributed by atoms with Crippen LogP contribution in [-0.4, -0.2) is 42.7 Å². The second-order valence-corrected chi connectivity index (χ2v) is 6.08. The minimum atomic E-state index is -0.669. The maximum atomic E-state index is 12.5. The molecule has 156 valence electrons. The molecule has 0 unspecified atom stereocenters. The summed E-state index contributed by atoms with van der Waals surface area (Å²) >= 11 is 0. The fourth-order valence-electron chi connectivity index (χ4n) is 2.71. The lowest BCUT2D eigenvalue weighted by Gasteiger charge is -2.15. The van der Waals surface area contributed by atoms with E-state index in [1.165, 1.54) is 26.4 Å². The van der Waals surface area contributed by atoms with E-state index in [0.717, 1.165) is 0 Å². The van der Waals surface area contributed by atoms with E-state index in [-0.39, 0.29) is 41.9 Å². The molecule has 0 saturated carbocycles. The molecule has 0 aliphatic carbocycles. The number of anilines is 1. The highest BCUT2D eigenvalue weighted by molar-refractivity contribution is 5.91. The molecule has 3 rings (SSSR count). The van der Waals surface area contributed by atoms with Crippen molar-refractivity contribution in [3.05, 3.63) is 47.8 Å². The highest BCUT2D eigenvalue weighted by Gasteiger charge is 2.19. The van der Waals surface area contributed by atoms with Crippen molar-refractivity contribution in [3.8, 4) is 17.2 Å². The van der Waals surface area contributed by atoms with Gasteiger partial charge in [0.1, 0.15) is 5.82 Å². The summed E-state index contributed by atoms with van der Waals surface area (Å²) in [5.74, 6) is -0.282. The molecule has 10 heteroatoms. The maximum absolute atomic E-state index is 12.5. The average molecular weight is 412 g/mol.